The molecule has 2 amide bonds. The third kappa shape index (κ3) is 5.92. The van der Waals surface area contributed by atoms with E-state index in [4.69, 9.17) is 9.84 Å². The van der Waals surface area contributed by atoms with Crippen LogP contribution in [0.4, 0.5) is 4.79 Å². The number of nitrogens with one attached hydrogen (secondary N) is 2. The molecule has 3 rings (SSSR count). The van der Waals surface area contributed by atoms with Gasteiger partial charge in [0.15, 0.2) is 0 Å². The molecule has 2 aromatic carbocycles. The van der Waals surface area contributed by atoms with Crippen LogP contribution in [-0.4, -0.2) is 42.3 Å². The maximum atomic E-state index is 12.6. The van der Waals surface area contributed by atoms with Crippen LogP contribution >= 0.6 is 0 Å². The minimum atomic E-state index is -0.959. The molecule has 2 aromatic rings. The zero-order valence-electron chi connectivity index (χ0n) is 19.3. The summed E-state index contributed by atoms with van der Waals surface area (Å²) in [6.45, 7) is 5.91. The minimum absolute atomic E-state index is 0.0161. The molecule has 0 heterocycles. The van der Waals surface area contributed by atoms with Gasteiger partial charge >= 0.3 is 12.1 Å². The lowest BCUT2D eigenvalue weighted by Gasteiger charge is -2.24. The Labute approximate surface area is 194 Å². The van der Waals surface area contributed by atoms with Gasteiger partial charge in [-0.15, -0.1) is 0 Å². The van der Waals surface area contributed by atoms with Gasteiger partial charge in [0, 0.05) is 18.5 Å². The predicted octanol–water partition coefficient (Wildman–Crippen LogP) is 4.17. The van der Waals surface area contributed by atoms with Gasteiger partial charge in [-0.05, 0) is 34.6 Å². The number of carboxylic acid groups (broad SMARTS) is 1. The number of hydrogen-bond donors (Lipinski definition) is 3. The highest BCUT2D eigenvalue weighted by Gasteiger charge is 2.29. The number of alkyl carbamates (subject to hydrolysis) is 1. The van der Waals surface area contributed by atoms with Gasteiger partial charge in [-0.1, -0.05) is 69.3 Å². The molecule has 1 aliphatic rings. The average molecular weight is 453 g/mol. The zero-order chi connectivity index (χ0) is 24.0. The molecule has 7 nitrogen and oxygen atoms in total. The van der Waals surface area contributed by atoms with Gasteiger partial charge in [-0.3, -0.25) is 9.59 Å². The van der Waals surface area contributed by atoms with Crippen LogP contribution in [0.1, 0.15) is 50.7 Å². The number of amides is 2. The van der Waals surface area contributed by atoms with Crippen molar-refractivity contribution >= 4 is 18.0 Å². The van der Waals surface area contributed by atoms with Crippen LogP contribution in [-0.2, 0) is 14.3 Å². The lowest BCUT2D eigenvalue weighted by Crippen LogP contribution is -2.45. The van der Waals surface area contributed by atoms with E-state index in [0.29, 0.717) is 6.42 Å². The summed E-state index contributed by atoms with van der Waals surface area (Å²) in [4.78, 5) is 36.1. The fourth-order valence-electron chi connectivity index (χ4n) is 4.22. The molecule has 1 aliphatic carbocycles. The molecule has 0 bridgehead atoms. The zero-order valence-corrected chi connectivity index (χ0v) is 19.3. The molecule has 0 saturated heterocycles. The van der Waals surface area contributed by atoms with E-state index in [1.807, 2.05) is 45.0 Å². The topological polar surface area (TPSA) is 105 Å². The maximum absolute atomic E-state index is 12.6. The molecule has 33 heavy (non-hydrogen) atoms. The number of fused-ring (bicyclic) bond motifs is 3. The van der Waals surface area contributed by atoms with Gasteiger partial charge in [0.1, 0.15) is 6.61 Å². The molecule has 0 saturated carbocycles. The van der Waals surface area contributed by atoms with E-state index >= 15 is 0 Å². The minimum Gasteiger partial charge on any atom is -0.481 e. The summed E-state index contributed by atoms with van der Waals surface area (Å²) < 4.78 is 5.53. The second-order valence-electron chi connectivity index (χ2n) is 8.77. The highest BCUT2D eigenvalue weighted by molar-refractivity contribution is 5.81. The monoisotopic (exact) mass is 452 g/mol. The van der Waals surface area contributed by atoms with E-state index in [0.717, 1.165) is 22.3 Å². The summed E-state index contributed by atoms with van der Waals surface area (Å²) in [5.74, 6) is -1.75. The molecule has 0 spiro atoms. The Morgan fingerprint density at radius 1 is 1.00 bits per heavy atom. The van der Waals surface area contributed by atoms with Crippen LogP contribution in [0.3, 0.4) is 0 Å². The normalized spacial score (nSPS) is 14.2. The standard InChI is InChI=1S/C26H32N2O5/c1-4-17(25(31)28-23(16(2)3)13-24(29)30)14-27-26(32)33-15-22-20-11-7-5-9-18(20)19-10-6-8-12-21(19)22/h5-12,16-17,22-23H,4,13-15H2,1-3H3,(H,27,32)(H,28,31)(H,29,30). The number of rotatable bonds is 10. The lowest BCUT2D eigenvalue weighted by molar-refractivity contribution is -0.138. The Morgan fingerprint density at radius 2 is 1.58 bits per heavy atom. The van der Waals surface area contributed by atoms with Gasteiger partial charge in [-0.25, -0.2) is 4.79 Å². The molecule has 0 aliphatic heterocycles. The first kappa shape index (κ1) is 24.3. The maximum Gasteiger partial charge on any atom is 0.407 e. The largest absolute Gasteiger partial charge is 0.481 e. The van der Waals surface area contributed by atoms with Crippen LogP contribution < -0.4 is 10.6 Å². The van der Waals surface area contributed by atoms with E-state index < -0.39 is 24.0 Å². The molecule has 3 N–H and O–H groups in total. The number of carbonyl (C=O) groups excluding carboxylic acids is 2. The van der Waals surface area contributed by atoms with Gasteiger partial charge in [0.25, 0.3) is 0 Å². The fraction of sp³-hybridized carbons (Fsp3) is 0.423. The van der Waals surface area contributed by atoms with Crippen molar-refractivity contribution in [3.05, 3.63) is 59.7 Å². The van der Waals surface area contributed by atoms with Crippen molar-refractivity contribution in [1.82, 2.24) is 10.6 Å². The van der Waals surface area contributed by atoms with Crippen molar-refractivity contribution in [3.63, 3.8) is 0 Å². The average Bonchev–Trinajstić information content (AvgIpc) is 3.11. The molecule has 2 unspecified atom stereocenters. The number of hydrogen-bond acceptors (Lipinski definition) is 4. The molecule has 2 atom stereocenters. The Bertz CT molecular complexity index is 958. The second kappa shape index (κ2) is 11.0. The van der Waals surface area contributed by atoms with Gasteiger partial charge in [0.05, 0.1) is 12.3 Å². The molecule has 0 fully saturated rings. The van der Waals surface area contributed by atoms with E-state index in [1.165, 1.54) is 0 Å². The Morgan fingerprint density at radius 3 is 2.09 bits per heavy atom. The first-order chi connectivity index (χ1) is 15.8. The van der Waals surface area contributed by atoms with Crippen LogP contribution in [0, 0.1) is 11.8 Å². The van der Waals surface area contributed by atoms with E-state index in [-0.39, 0.29) is 37.3 Å². The first-order valence-corrected chi connectivity index (χ1v) is 11.4. The Kier molecular flexibility index (Phi) is 8.09. The molecule has 0 radical (unpaired) electrons. The number of benzene rings is 2. The highest BCUT2D eigenvalue weighted by atomic mass is 16.5. The molecule has 7 heteroatoms. The van der Waals surface area contributed by atoms with Crippen molar-refractivity contribution in [2.45, 2.75) is 45.6 Å². The van der Waals surface area contributed by atoms with E-state index in [1.54, 1.807) is 0 Å². The molecular weight excluding hydrogens is 420 g/mol. The van der Waals surface area contributed by atoms with Gasteiger partial charge in [0.2, 0.25) is 5.91 Å². The smallest absolute Gasteiger partial charge is 0.407 e. The highest BCUT2D eigenvalue weighted by Crippen LogP contribution is 2.44. The van der Waals surface area contributed by atoms with Crippen molar-refractivity contribution in [2.75, 3.05) is 13.2 Å². The quantitative estimate of drug-likeness (QED) is 0.502. The third-order valence-corrected chi connectivity index (χ3v) is 6.23. The van der Waals surface area contributed by atoms with E-state index in [2.05, 4.69) is 34.9 Å². The predicted molar refractivity (Wildman–Crippen MR) is 126 cm³/mol. The van der Waals surface area contributed by atoms with Crippen molar-refractivity contribution in [3.8, 4) is 11.1 Å². The summed E-state index contributed by atoms with van der Waals surface area (Å²) in [5, 5.41) is 14.6. The number of aliphatic carboxylic acids is 1. The molecule has 176 valence electrons. The summed E-state index contributed by atoms with van der Waals surface area (Å²) in [6.07, 6.45) is -0.207. The van der Waals surface area contributed by atoms with Crippen LogP contribution in [0.5, 0.6) is 0 Å². The third-order valence-electron chi connectivity index (χ3n) is 6.23. The summed E-state index contributed by atoms with van der Waals surface area (Å²) in [6, 6.07) is 15.8. The van der Waals surface area contributed by atoms with Crippen LogP contribution in [0.2, 0.25) is 0 Å². The van der Waals surface area contributed by atoms with Gasteiger partial charge in [-0.2, -0.15) is 0 Å². The SMILES string of the molecule is CCC(CNC(=O)OCC1c2ccccc2-c2ccccc21)C(=O)NC(CC(=O)O)C(C)C. The van der Waals surface area contributed by atoms with E-state index in [9.17, 15) is 14.4 Å². The van der Waals surface area contributed by atoms with Crippen molar-refractivity contribution < 1.29 is 24.2 Å². The fourth-order valence-corrected chi connectivity index (χ4v) is 4.22. The van der Waals surface area contributed by atoms with Crippen molar-refractivity contribution in [2.24, 2.45) is 11.8 Å². The summed E-state index contributed by atoms with van der Waals surface area (Å²) in [7, 11) is 0. The lowest BCUT2D eigenvalue weighted by atomic mass is 9.98. The summed E-state index contributed by atoms with van der Waals surface area (Å²) in [5.41, 5.74) is 4.59. The van der Waals surface area contributed by atoms with Crippen LogP contribution in [0.25, 0.3) is 11.1 Å². The molecule has 0 aromatic heterocycles. The van der Waals surface area contributed by atoms with Gasteiger partial charge < -0.3 is 20.5 Å². The Balaban J connectivity index is 1.54. The number of carbonyl (C=O) groups is 3. The number of carboxylic acids is 1. The molecular formula is C26H32N2O5. The second-order valence-corrected chi connectivity index (χ2v) is 8.77. The first-order valence-electron chi connectivity index (χ1n) is 11.4. The van der Waals surface area contributed by atoms with Crippen LogP contribution in [0.15, 0.2) is 48.5 Å². The summed E-state index contributed by atoms with van der Waals surface area (Å²) >= 11 is 0. The number of ether oxygens (including phenoxy) is 1. The van der Waals surface area contributed by atoms with Crippen molar-refractivity contribution in [1.29, 1.82) is 0 Å². The Hall–Kier alpha value is -3.35.